The largest absolute Gasteiger partial charge is 0.360 e. The van der Waals surface area contributed by atoms with Gasteiger partial charge in [-0.2, -0.15) is 0 Å². The summed E-state index contributed by atoms with van der Waals surface area (Å²) in [4.78, 5) is 7.02. The number of aryl methyl sites for hydroxylation is 1. The summed E-state index contributed by atoms with van der Waals surface area (Å²) in [6, 6.07) is 4.42. The smallest absolute Gasteiger partial charge is 0.128 e. The molecule has 3 nitrogen and oxygen atoms in total. The summed E-state index contributed by atoms with van der Waals surface area (Å²) in [5.41, 5.74) is 2.54. The van der Waals surface area contributed by atoms with Gasteiger partial charge in [-0.3, -0.25) is 0 Å². The molecule has 3 heteroatoms. The number of nitrogens with zero attached hydrogens (tertiary/aromatic N) is 2. The lowest BCUT2D eigenvalue weighted by molar-refractivity contribution is 0.750. The topological polar surface area (TPSA) is 28.2 Å². The molecule has 1 rings (SSSR count). The fourth-order valence-electron chi connectivity index (χ4n) is 2.03. The Hall–Kier alpha value is -1.09. The zero-order valence-electron chi connectivity index (χ0n) is 12.3. The minimum Gasteiger partial charge on any atom is -0.360 e. The van der Waals surface area contributed by atoms with Gasteiger partial charge in [0, 0.05) is 25.8 Å². The summed E-state index contributed by atoms with van der Waals surface area (Å²) < 4.78 is 0. The summed E-state index contributed by atoms with van der Waals surface area (Å²) in [5, 5.41) is 3.22. The van der Waals surface area contributed by atoms with E-state index in [1.165, 1.54) is 24.1 Å². The second-order valence-electron chi connectivity index (χ2n) is 4.88. The molecule has 18 heavy (non-hydrogen) atoms. The summed E-state index contributed by atoms with van der Waals surface area (Å²) in [5.74, 6) is 1.11. The van der Waals surface area contributed by atoms with Gasteiger partial charge in [0.15, 0.2) is 0 Å². The van der Waals surface area contributed by atoms with E-state index in [0.29, 0.717) is 0 Å². The van der Waals surface area contributed by atoms with E-state index in [4.69, 9.17) is 4.98 Å². The summed E-state index contributed by atoms with van der Waals surface area (Å²) in [7, 11) is 4.12. The molecule has 1 aromatic rings. The maximum atomic E-state index is 4.76. The molecule has 1 aromatic heterocycles. The van der Waals surface area contributed by atoms with Gasteiger partial charge in [0.25, 0.3) is 0 Å². The molecule has 0 unspecified atom stereocenters. The van der Waals surface area contributed by atoms with Crippen molar-refractivity contribution >= 4 is 5.82 Å². The molecular formula is C15H27N3. The van der Waals surface area contributed by atoms with E-state index in [1.54, 1.807) is 0 Å². The zero-order chi connectivity index (χ0) is 13.4. The lowest BCUT2D eigenvalue weighted by Gasteiger charge is -2.19. The van der Waals surface area contributed by atoms with Crippen molar-refractivity contribution in [2.24, 2.45) is 0 Å². The van der Waals surface area contributed by atoms with E-state index in [0.717, 1.165) is 31.7 Å². The molecular weight excluding hydrogens is 222 g/mol. The number of hydrogen-bond acceptors (Lipinski definition) is 3. The van der Waals surface area contributed by atoms with E-state index < -0.39 is 0 Å². The van der Waals surface area contributed by atoms with Crippen molar-refractivity contribution in [1.29, 1.82) is 0 Å². The van der Waals surface area contributed by atoms with Crippen LogP contribution in [0.5, 0.6) is 0 Å². The van der Waals surface area contributed by atoms with Crippen LogP contribution >= 0.6 is 0 Å². The van der Waals surface area contributed by atoms with Crippen molar-refractivity contribution in [3.63, 3.8) is 0 Å². The molecule has 0 bridgehead atoms. The minimum atomic E-state index is 0.911. The fraction of sp³-hybridized carbons (Fsp3) is 0.667. The number of aromatic nitrogens is 1. The predicted molar refractivity (Wildman–Crippen MR) is 79.2 cm³/mol. The van der Waals surface area contributed by atoms with Gasteiger partial charge in [0.05, 0.1) is 0 Å². The second-order valence-corrected chi connectivity index (χ2v) is 4.88. The van der Waals surface area contributed by atoms with Crippen molar-refractivity contribution < 1.29 is 0 Å². The first-order chi connectivity index (χ1) is 8.71. The van der Waals surface area contributed by atoms with Crippen molar-refractivity contribution in [3.05, 3.63) is 23.4 Å². The summed E-state index contributed by atoms with van der Waals surface area (Å²) in [6.45, 7) is 6.42. The summed E-state index contributed by atoms with van der Waals surface area (Å²) >= 11 is 0. The Balaban J connectivity index is 2.87. The Labute approximate surface area is 112 Å². The van der Waals surface area contributed by atoms with Gasteiger partial charge in [-0.1, -0.05) is 26.7 Å². The van der Waals surface area contributed by atoms with Crippen LogP contribution in [0.25, 0.3) is 0 Å². The average Bonchev–Trinajstić information content (AvgIpc) is 2.36. The maximum Gasteiger partial charge on any atom is 0.128 e. The maximum absolute atomic E-state index is 4.76. The molecule has 0 saturated carbocycles. The first kappa shape index (κ1) is 15.0. The van der Waals surface area contributed by atoms with Crippen LogP contribution in [0, 0.1) is 0 Å². The molecule has 0 atom stereocenters. The first-order valence-electron chi connectivity index (χ1n) is 7.06. The Bertz CT molecular complexity index is 325. The molecule has 0 aliphatic rings. The quantitative estimate of drug-likeness (QED) is 0.767. The number of nitrogens with one attached hydrogen (secondary N) is 1. The van der Waals surface area contributed by atoms with E-state index in [2.05, 4.69) is 43.2 Å². The lowest BCUT2D eigenvalue weighted by atomic mass is 10.1. The normalized spacial score (nSPS) is 10.7. The number of unbranched alkanes of at least 4 members (excludes halogenated alkanes) is 1. The molecule has 0 fully saturated rings. The van der Waals surface area contributed by atoms with Crippen LogP contribution in [0.4, 0.5) is 5.82 Å². The van der Waals surface area contributed by atoms with Crippen LogP contribution in [-0.2, 0) is 13.0 Å². The molecule has 1 N–H and O–H groups in total. The third kappa shape index (κ3) is 4.65. The van der Waals surface area contributed by atoms with Crippen molar-refractivity contribution in [2.45, 2.75) is 46.1 Å². The molecule has 0 aromatic carbocycles. The summed E-state index contributed by atoms with van der Waals surface area (Å²) in [6.07, 6.45) is 4.65. The Morgan fingerprint density at radius 3 is 2.61 bits per heavy atom. The number of rotatable bonds is 8. The van der Waals surface area contributed by atoms with Crippen LogP contribution < -0.4 is 10.2 Å². The van der Waals surface area contributed by atoms with Crippen molar-refractivity contribution in [2.75, 3.05) is 25.5 Å². The highest BCUT2D eigenvalue weighted by Gasteiger charge is 2.06. The van der Waals surface area contributed by atoms with Crippen molar-refractivity contribution in [3.8, 4) is 0 Å². The van der Waals surface area contributed by atoms with Crippen LogP contribution in [0.3, 0.4) is 0 Å². The standard InChI is InChI=1S/C15H27N3/c1-5-7-9-18(4)15-11-13(12-16-3)10-14(17-15)8-6-2/h10-11,16H,5-9,12H2,1-4H3. The molecule has 0 aliphatic carbocycles. The van der Waals surface area contributed by atoms with Gasteiger partial charge in [0.2, 0.25) is 0 Å². The third-order valence-corrected chi connectivity index (χ3v) is 3.05. The molecule has 0 amide bonds. The first-order valence-corrected chi connectivity index (χ1v) is 7.06. The highest BCUT2D eigenvalue weighted by molar-refractivity contribution is 5.42. The number of anilines is 1. The Morgan fingerprint density at radius 1 is 1.22 bits per heavy atom. The average molecular weight is 249 g/mol. The number of pyridine rings is 1. The second kappa shape index (κ2) is 8.09. The molecule has 0 radical (unpaired) electrons. The highest BCUT2D eigenvalue weighted by Crippen LogP contribution is 2.16. The highest BCUT2D eigenvalue weighted by atomic mass is 15.2. The van der Waals surface area contributed by atoms with Crippen LogP contribution in [-0.4, -0.2) is 25.6 Å². The molecule has 102 valence electrons. The zero-order valence-corrected chi connectivity index (χ0v) is 12.3. The Morgan fingerprint density at radius 2 is 2.00 bits per heavy atom. The number of hydrogen-bond donors (Lipinski definition) is 1. The van der Waals surface area contributed by atoms with Crippen LogP contribution in [0.2, 0.25) is 0 Å². The van der Waals surface area contributed by atoms with E-state index >= 15 is 0 Å². The van der Waals surface area contributed by atoms with Gasteiger partial charge >= 0.3 is 0 Å². The molecule has 1 heterocycles. The molecule has 0 saturated heterocycles. The van der Waals surface area contributed by atoms with Gasteiger partial charge in [-0.15, -0.1) is 0 Å². The van der Waals surface area contributed by atoms with Crippen LogP contribution in [0.15, 0.2) is 12.1 Å². The van der Waals surface area contributed by atoms with Gasteiger partial charge in [0.1, 0.15) is 5.82 Å². The van der Waals surface area contributed by atoms with E-state index in [1.807, 2.05) is 7.05 Å². The lowest BCUT2D eigenvalue weighted by Crippen LogP contribution is -2.20. The Kier molecular flexibility index (Phi) is 6.73. The van der Waals surface area contributed by atoms with Gasteiger partial charge in [-0.05, 0) is 37.6 Å². The van der Waals surface area contributed by atoms with Crippen LogP contribution in [0.1, 0.15) is 44.4 Å². The predicted octanol–water partition coefficient (Wildman–Crippen LogP) is 2.99. The molecule has 0 aliphatic heterocycles. The van der Waals surface area contributed by atoms with Crippen molar-refractivity contribution in [1.82, 2.24) is 10.3 Å². The van der Waals surface area contributed by atoms with Gasteiger partial charge in [-0.25, -0.2) is 4.98 Å². The monoisotopic (exact) mass is 249 g/mol. The third-order valence-electron chi connectivity index (χ3n) is 3.05. The van der Waals surface area contributed by atoms with E-state index in [-0.39, 0.29) is 0 Å². The minimum absolute atomic E-state index is 0.911. The SMILES string of the molecule is CCCCN(C)c1cc(CNC)cc(CCC)n1. The van der Waals surface area contributed by atoms with Gasteiger partial charge < -0.3 is 10.2 Å². The fourth-order valence-corrected chi connectivity index (χ4v) is 2.03. The van der Waals surface area contributed by atoms with E-state index in [9.17, 15) is 0 Å². The molecule has 0 spiro atoms.